The van der Waals surface area contributed by atoms with Crippen LogP contribution in [0.1, 0.15) is 28.9 Å². The van der Waals surface area contributed by atoms with Crippen LogP contribution in [0.3, 0.4) is 0 Å². The first-order chi connectivity index (χ1) is 19.3. The summed E-state index contributed by atoms with van der Waals surface area (Å²) < 4.78 is 50.1. The van der Waals surface area contributed by atoms with E-state index in [0.717, 1.165) is 12.8 Å². The molecule has 0 saturated carbocycles. The minimum Gasteiger partial charge on any atom is -0.457 e. The van der Waals surface area contributed by atoms with Crippen molar-refractivity contribution in [3.63, 3.8) is 0 Å². The van der Waals surface area contributed by atoms with Gasteiger partial charge in [0.1, 0.15) is 27.8 Å². The fourth-order valence-corrected chi connectivity index (χ4v) is 5.60. The van der Waals surface area contributed by atoms with Gasteiger partial charge in [0, 0.05) is 24.0 Å². The number of aromatic nitrogens is 3. The molecule has 2 N–H and O–H groups in total. The smallest absolute Gasteiger partial charge is 0.422 e. The van der Waals surface area contributed by atoms with E-state index in [1.165, 1.54) is 35.9 Å². The summed E-state index contributed by atoms with van der Waals surface area (Å²) in [4.78, 5) is 19.3. The van der Waals surface area contributed by atoms with Gasteiger partial charge in [-0.1, -0.05) is 18.2 Å². The van der Waals surface area contributed by atoms with Crippen LogP contribution in [0.4, 0.5) is 24.5 Å². The highest BCUT2D eigenvalue weighted by atomic mass is 32.1. The van der Waals surface area contributed by atoms with Crippen LogP contribution in [-0.2, 0) is 6.18 Å². The number of nitrogens with one attached hydrogen (secondary N) is 2. The zero-order valence-corrected chi connectivity index (χ0v) is 22.4. The summed E-state index contributed by atoms with van der Waals surface area (Å²) in [5.74, 6) is -0.511. The van der Waals surface area contributed by atoms with E-state index in [2.05, 4.69) is 25.8 Å². The van der Waals surface area contributed by atoms with E-state index in [4.69, 9.17) is 4.74 Å². The number of anilines is 2. The summed E-state index contributed by atoms with van der Waals surface area (Å²) in [7, 11) is 1.82. The molecule has 2 aromatic carbocycles. The number of alkyl halides is 3. The van der Waals surface area contributed by atoms with Crippen LogP contribution in [-0.4, -0.2) is 47.8 Å². The molecule has 2 aromatic heterocycles. The van der Waals surface area contributed by atoms with Gasteiger partial charge in [0.15, 0.2) is 0 Å². The van der Waals surface area contributed by atoms with Gasteiger partial charge in [0.05, 0.1) is 23.8 Å². The molecule has 1 unspecified atom stereocenters. The van der Waals surface area contributed by atoms with Crippen LogP contribution in [0.2, 0.25) is 0 Å². The summed E-state index contributed by atoms with van der Waals surface area (Å²) >= 11 is 1.23. The molecular formula is C28H27F3N6O2S. The largest absolute Gasteiger partial charge is 0.457 e. The average Bonchev–Trinajstić information content (AvgIpc) is 3.45. The maximum Gasteiger partial charge on any atom is 0.422 e. The van der Waals surface area contributed by atoms with Crippen molar-refractivity contribution in [2.75, 3.05) is 36.9 Å². The maximum atomic E-state index is 14.8. The van der Waals surface area contributed by atoms with E-state index in [-0.39, 0.29) is 34.5 Å². The minimum absolute atomic E-state index is 0.0444. The average molecular weight is 569 g/mol. The van der Waals surface area contributed by atoms with Crippen LogP contribution in [0.15, 0.2) is 66.3 Å². The van der Waals surface area contributed by atoms with Crippen molar-refractivity contribution in [1.82, 2.24) is 20.5 Å². The zero-order valence-electron chi connectivity index (χ0n) is 21.6. The van der Waals surface area contributed by atoms with Crippen LogP contribution < -0.4 is 20.3 Å². The molecule has 1 amide bonds. The number of para-hydroxylation sites is 1. The lowest BCUT2D eigenvalue weighted by atomic mass is 9.96. The molecule has 12 heteroatoms. The molecule has 0 aliphatic carbocycles. The first kappa shape index (κ1) is 27.5. The number of thiazole rings is 1. The summed E-state index contributed by atoms with van der Waals surface area (Å²) in [5.41, 5.74) is -0.217. The molecule has 0 radical (unpaired) electrons. The number of rotatable bonds is 8. The molecule has 3 heterocycles. The van der Waals surface area contributed by atoms with Gasteiger partial charge < -0.3 is 20.3 Å². The molecular weight excluding hydrogens is 541 g/mol. The highest BCUT2D eigenvalue weighted by Crippen LogP contribution is 2.48. The summed E-state index contributed by atoms with van der Waals surface area (Å²) in [6.07, 6.45) is -0.0986. The Morgan fingerprint density at radius 2 is 1.98 bits per heavy atom. The van der Waals surface area contributed by atoms with Gasteiger partial charge in [-0.05, 0) is 62.7 Å². The van der Waals surface area contributed by atoms with Gasteiger partial charge in [-0.25, -0.2) is 4.98 Å². The SMILES string of the molecule is CNCC1CCCN(c2c(NC(=O)c3csc(-c4ccnnc4)n3)ccc(Oc3ccccc3)c2C(F)(F)F)C1. The van der Waals surface area contributed by atoms with Crippen molar-refractivity contribution in [2.24, 2.45) is 5.92 Å². The van der Waals surface area contributed by atoms with E-state index in [1.54, 1.807) is 46.7 Å². The lowest BCUT2D eigenvalue weighted by Crippen LogP contribution is -2.40. The number of halogens is 3. The van der Waals surface area contributed by atoms with Crippen molar-refractivity contribution in [1.29, 1.82) is 0 Å². The number of amides is 1. The molecule has 0 spiro atoms. The molecule has 8 nitrogen and oxygen atoms in total. The summed E-state index contributed by atoms with van der Waals surface area (Å²) in [6.45, 7) is 1.49. The number of ether oxygens (including phenoxy) is 1. The zero-order chi connectivity index (χ0) is 28.1. The molecule has 5 rings (SSSR count). The van der Waals surface area contributed by atoms with Gasteiger partial charge in [-0.15, -0.1) is 11.3 Å². The predicted octanol–water partition coefficient (Wildman–Crippen LogP) is 6.10. The second-order valence-corrected chi connectivity index (χ2v) is 10.2. The number of hydrogen-bond donors (Lipinski definition) is 2. The van der Waals surface area contributed by atoms with Gasteiger partial charge in [-0.2, -0.15) is 23.4 Å². The summed E-state index contributed by atoms with van der Waals surface area (Å²) in [5, 5.41) is 15.5. The highest BCUT2D eigenvalue weighted by Gasteiger charge is 2.41. The molecule has 0 bridgehead atoms. The fourth-order valence-electron chi connectivity index (χ4n) is 4.81. The third-order valence-electron chi connectivity index (χ3n) is 6.54. The van der Waals surface area contributed by atoms with Gasteiger partial charge in [0.25, 0.3) is 5.91 Å². The quantitative estimate of drug-likeness (QED) is 0.265. The third kappa shape index (κ3) is 6.23. The molecule has 1 aliphatic rings. The van der Waals surface area contributed by atoms with Crippen molar-refractivity contribution >= 4 is 28.6 Å². The van der Waals surface area contributed by atoms with E-state index >= 15 is 0 Å². The standard InChI is InChI=1S/C28H27F3N6O2S/c1-32-14-18-6-5-13-37(16-18)25-21(35-26(38)22-17-40-27(36-22)19-11-12-33-34-15-19)9-10-23(24(25)28(29,30)31)39-20-7-3-2-4-8-20/h2-4,7-12,15,17-18,32H,5-6,13-14,16H2,1H3,(H,35,38). The molecule has 40 heavy (non-hydrogen) atoms. The van der Waals surface area contributed by atoms with Crippen molar-refractivity contribution < 1.29 is 22.7 Å². The Labute approximate surface area is 233 Å². The molecule has 1 aliphatic heterocycles. The number of piperidine rings is 1. The van der Waals surface area contributed by atoms with Crippen LogP contribution >= 0.6 is 11.3 Å². The van der Waals surface area contributed by atoms with Crippen LogP contribution in [0, 0.1) is 5.92 Å². The molecule has 1 fully saturated rings. The number of benzene rings is 2. The van der Waals surface area contributed by atoms with Crippen LogP contribution in [0.25, 0.3) is 10.6 Å². The monoisotopic (exact) mass is 568 g/mol. The minimum atomic E-state index is -4.75. The normalized spacial score (nSPS) is 15.6. The second kappa shape index (κ2) is 12.0. The van der Waals surface area contributed by atoms with E-state index in [9.17, 15) is 18.0 Å². The number of carbonyl (C=O) groups excluding carboxylic acids is 1. The lowest BCUT2D eigenvalue weighted by Gasteiger charge is -2.37. The predicted molar refractivity (Wildman–Crippen MR) is 148 cm³/mol. The first-order valence-corrected chi connectivity index (χ1v) is 13.6. The van der Waals surface area contributed by atoms with E-state index in [0.29, 0.717) is 30.2 Å². The Kier molecular flexibility index (Phi) is 8.27. The lowest BCUT2D eigenvalue weighted by molar-refractivity contribution is -0.138. The highest BCUT2D eigenvalue weighted by molar-refractivity contribution is 7.13. The topological polar surface area (TPSA) is 92.3 Å². The Morgan fingerprint density at radius 1 is 1.15 bits per heavy atom. The molecule has 1 atom stereocenters. The fraction of sp³-hybridized carbons (Fsp3) is 0.286. The molecule has 1 saturated heterocycles. The Bertz CT molecular complexity index is 1450. The van der Waals surface area contributed by atoms with E-state index in [1.807, 2.05) is 7.05 Å². The molecule has 208 valence electrons. The van der Waals surface area contributed by atoms with Gasteiger partial charge >= 0.3 is 6.18 Å². The molecule has 4 aromatic rings. The first-order valence-electron chi connectivity index (χ1n) is 12.7. The van der Waals surface area contributed by atoms with Crippen LogP contribution in [0.5, 0.6) is 11.5 Å². The van der Waals surface area contributed by atoms with Gasteiger partial charge in [-0.3, -0.25) is 4.79 Å². The number of hydrogen-bond acceptors (Lipinski definition) is 8. The number of nitrogens with zero attached hydrogens (tertiary/aromatic N) is 4. The second-order valence-electron chi connectivity index (χ2n) is 9.38. The summed E-state index contributed by atoms with van der Waals surface area (Å²) in [6, 6.07) is 12.7. The van der Waals surface area contributed by atoms with Crippen molar-refractivity contribution in [3.05, 3.63) is 77.6 Å². The Morgan fingerprint density at radius 3 is 2.70 bits per heavy atom. The van der Waals surface area contributed by atoms with Crippen molar-refractivity contribution in [3.8, 4) is 22.1 Å². The third-order valence-corrected chi connectivity index (χ3v) is 7.43. The van der Waals surface area contributed by atoms with Gasteiger partial charge in [0.2, 0.25) is 0 Å². The van der Waals surface area contributed by atoms with E-state index < -0.39 is 17.6 Å². The van der Waals surface area contributed by atoms with Crippen molar-refractivity contribution in [2.45, 2.75) is 19.0 Å². The Hall–Kier alpha value is -4.03. The number of carbonyl (C=O) groups is 1. The maximum absolute atomic E-state index is 14.8. The Balaban J connectivity index is 1.54.